The fourth-order valence-corrected chi connectivity index (χ4v) is 5.14. The largest absolute Gasteiger partial charge is 0.365 e. The van der Waals surface area contributed by atoms with Crippen molar-refractivity contribution in [3.63, 3.8) is 0 Å². The lowest BCUT2D eigenvalue weighted by Gasteiger charge is -2.19. The molecule has 0 aliphatic carbocycles. The van der Waals surface area contributed by atoms with E-state index in [1.54, 1.807) is 41.4 Å². The maximum Gasteiger partial charge on any atom is 0.251 e. The lowest BCUT2D eigenvalue weighted by atomic mass is 9.85. The van der Waals surface area contributed by atoms with Gasteiger partial charge in [0.15, 0.2) is 5.78 Å². The molecule has 4 aliphatic heterocycles. The smallest absolute Gasteiger partial charge is 0.251 e. The molecule has 150 valence electrons. The Morgan fingerprint density at radius 1 is 0.867 bits per heavy atom. The van der Waals surface area contributed by atoms with Gasteiger partial charge in [0.1, 0.15) is 6.04 Å². The number of carbonyl (C=O) groups is 3. The van der Waals surface area contributed by atoms with E-state index in [0.717, 1.165) is 5.56 Å². The molecule has 0 radical (unpaired) electrons. The molecule has 4 heterocycles. The highest BCUT2D eigenvalue weighted by molar-refractivity contribution is 6.30. The van der Waals surface area contributed by atoms with E-state index >= 15 is 0 Å². The van der Waals surface area contributed by atoms with Gasteiger partial charge in [-0.05, 0) is 17.7 Å². The lowest BCUT2D eigenvalue weighted by molar-refractivity contribution is -0.153. The number of Topliss-reactive ketones (excluding diaryl/α,β-unsaturated/α-hetero) is 1. The maximum atomic E-state index is 13.3. The van der Waals surface area contributed by atoms with Crippen LogP contribution >= 0.6 is 11.6 Å². The number of hydrogen-bond donors (Lipinski definition) is 0. The van der Waals surface area contributed by atoms with Crippen molar-refractivity contribution in [2.24, 2.45) is 11.8 Å². The van der Waals surface area contributed by atoms with Crippen molar-refractivity contribution in [3.05, 3.63) is 82.9 Å². The maximum absolute atomic E-state index is 13.3. The first-order valence-electron chi connectivity index (χ1n) is 9.91. The number of nitrogens with zero attached hydrogens (tertiary/aromatic N) is 2. The van der Waals surface area contributed by atoms with E-state index in [2.05, 4.69) is 0 Å². The molecule has 6 nitrogen and oxygen atoms in total. The van der Waals surface area contributed by atoms with Crippen molar-refractivity contribution in [1.29, 1.82) is 0 Å². The minimum Gasteiger partial charge on any atom is -0.365 e. The van der Waals surface area contributed by atoms with Crippen LogP contribution in [0.2, 0.25) is 5.02 Å². The number of imide groups is 1. The van der Waals surface area contributed by atoms with Crippen LogP contribution in [0.1, 0.15) is 22.0 Å². The summed E-state index contributed by atoms with van der Waals surface area (Å²) in [6.45, 7) is 0. The standard InChI is InChI=1S/C23H17ClN2O4/c24-14-8-6-12(7-9-14)19-20(21(27)13-4-2-1-3-5-13)25(19)26-22(28)17-15-10-11-16(30-15)18(17)23(26)29/h1-11,15-20H/t15-,16+,17-,18+,19-,20+,25?/m1/s1. The molecule has 2 aromatic carbocycles. The van der Waals surface area contributed by atoms with Crippen LogP contribution in [0.25, 0.3) is 0 Å². The van der Waals surface area contributed by atoms with Crippen LogP contribution in [0.3, 0.4) is 0 Å². The summed E-state index contributed by atoms with van der Waals surface area (Å²) < 4.78 is 5.72. The van der Waals surface area contributed by atoms with Gasteiger partial charge in [-0.2, -0.15) is 5.01 Å². The van der Waals surface area contributed by atoms with Gasteiger partial charge < -0.3 is 4.74 Å². The van der Waals surface area contributed by atoms with E-state index in [4.69, 9.17) is 16.3 Å². The Hall–Kier alpha value is -2.80. The van der Waals surface area contributed by atoms with Crippen molar-refractivity contribution >= 4 is 29.2 Å². The summed E-state index contributed by atoms with van der Waals surface area (Å²) in [5.74, 6) is -1.71. The average molecular weight is 421 g/mol. The Morgan fingerprint density at radius 2 is 1.47 bits per heavy atom. The Balaban J connectivity index is 1.37. The summed E-state index contributed by atoms with van der Waals surface area (Å²) in [6.07, 6.45) is 2.98. The van der Waals surface area contributed by atoms with E-state index in [-0.39, 0.29) is 29.8 Å². The van der Waals surface area contributed by atoms with Crippen molar-refractivity contribution in [1.82, 2.24) is 10.0 Å². The van der Waals surface area contributed by atoms with E-state index in [1.165, 1.54) is 5.01 Å². The minimum atomic E-state index is -0.619. The average Bonchev–Trinajstić information content (AvgIpc) is 3.03. The first-order valence-corrected chi connectivity index (χ1v) is 10.3. The molecular weight excluding hydrogens is 404 g/mol. The molecule has 4 aliphatic rings. The molecule has 3 saturated heterocycles. The van der Waals surface area contributed by atoms with Gasteiger partial charge in [0.05, 0.1) is 30.1 Å². The first-order chi connectivity index (χ1) is 14.6. The zero-order valence-corrected chi connectivity index (χ0v) is 16.5. The fourth-order valence-electron chi connectivity index (χ4n) is 5.02. The van der Waals surface area contributed by atoms with Crippen molar-refractivity contribution in [3.8, 4) is 0 Å². The topological polar surface area (TPSA) is 66.7 Å². The molecule has 30 heavy (non-hydrogen) atoms. The van der Waals surface area contributed by atoms with Crippen molar-refractivity contribution in [2.75, 3.05) is 0 Å². The summed E-state index contributed by atoms with van der Waals surface area (Å²) in [4.78, 5) is 39.7. The van der Waals surface area contributed by atoms with Crippen LogP contribution in [-0.2, 0) is 14.3 Å². The third kappa shape index (κ3) is 2.41. The number of carbonyl (C=O) groups excluding carboxylic acids is 3. The van der Waals surface area contributed by atoms with Crippen LogP contribution in [0, 0.1) is 11.8 Å². The number of rotatable bonds is 4. The molecule has 0 spiro atoms. The van der Waals surface area contributed by atoms with Crippen LogP contribution in [0.4, 0.5) is 0 Å². The summed E-state index contributed by atoms with van der Waals surface area (Å²) in [5.41, 5.74) is 1.39. The van der Waals surface area contributed by atoms with Gasteiger partial charge in [-0.1, -0.05) is 66.2 Å². The van der Waals surface area contributed by atoms with Gasteiger partial charge in [0.2, 0.25) is 0 Å². The zero-order valence-electron chi connectivity index (χ0n) is 15.7. The van der Waals surface area contributed by atoms with Crippen LogP contribution in [-0.4, -0.2) is 45.9 Å². The monoisotopic (exact) mass is 420 g/mol. The Bertz CT molecular complexity index is 1070. The quantitative estimate of drug-likeness (QED) is 0.329. The highest BCUT2D eigenvalue weighted by Gasteiger charge is 2.68. The van der Waals surface area contributed by atoms with Gasteiger partial charge in [-0.25, -0.2) is 5.01 Å². The van der Waals surface area contributed by atoms with Crippen LogP contribution in [0.5, 0.6) is 0 Å². The van der Waals surface area contributed by atoms with Crippen LogP contribution < -0.4 is 0 Å². The molecule has 1 unspecified atom stereocenters. The Morgan fingerprint density at radius 3 is 2.07 bits per heavy atom. The second-order valence-corrected chi connectivity index (χ2v) is 8.48. The summed E-state index contributed by atoms with van der Waals surface area (Å²) in [5, 5.41) is 3.41. The molecule has 7 heteroatoms. The molecule has 0 aromatic heterocycles. The number of ketones is 1. The molecule has 7 atom stereocenters. The molecular formula is C23H17ClN2O4. The molecule has 0 N–H and O–H groups in total. The SMILES string of the molecule is O=C(c1ccccc1)[C@@H]1[C@@H](c2ccc(Cl)cc2)N1N1C(=O)[C@@H]2[C@H](C1=O)[C@H]1C=C[C@@H]2O1. The summed E-state index contributed by atoms with van der Waals surface area (Å²) in [7, 11) is 0. The number of fused-ring (bicyclic) bond motifs is 5. The molecule has 0 saturated carbocycles. The molecule has 2 bridgehead atoms. The Labute approximate surface area is 177 Å². The van der Waals surface area contributed by atoms with E-state index in [0.29, 0.717) is 10.6 Å². The summed E-state index contributed by atoms with van der Waals surface area (Å²) >= 11 is 6.03. The van der Waals surface area contributed by atoms with Crippen LogP contribution in [0.15, 0.2) is 66.7 Å². The van der Waals surface area contributed by atoms with Gasteiger partial charge in [0.25, 0.3) is 11.8 Å². The van der Waals surface area contributed by atoms with E-state index in [1.807, 2.05) is 30.4 Å². The second-order valence-electron chi connectivity index (χ2n) is 8.04. The molecule has 3 fully saturated rings. The first kappa shape index (κ1) is 18.0. The van der Waals surface area contributed by atoms with Gasteiger partial charge >= 0.3 is 0 Å². The van der Waals surface area contributed by atoms with E-state index in [9.17, 15) is 14.4 Å². The van der Waals surface area contributed by atoms with Gasteiger partial charge in [-0.3, -0.25) is 14.4 Å². The number of ether oxygens (including phenoxy) is 1. The fraction of sp³-hybridized carbons (Fsp3) is 0.261. The third-order valence-corrected chi connectivity index (χ3v) is 6.69. The molecule has 2 amide bonds. The number of halogens is 1. The van der Waals surface area contributed by atoms with Gasteiger partial charge in [-0.15, -0.1) is 0 Å². The normalized spacial score (nSPS) is 35.8. The lowest BCUT2D eigenvalue weighted by Crippen LogP contribution is -2.40. The highest BCUT2D eigenvalue weighted by atomic mass is 35.5. The summed E-state index contributed by atoms with van der Waals surface area (Å²) in [6, 6.07) is 15.1. The number of amides is 2. The number of hydrazine groups is 1. The third-order valence-electron chi connectivity index (χ3n) is 6.44. The predicted octanol–water partition coefficient (Wildman–Crippen LogP) is 2.80. The molecule has 6 rings (SSSR count). The Kier molecular flexibility index (Phi) is 3.81. The minimum absolute atomic E-state index is 0.120. The van der Waals surface area contributed by atoms with E-state index < -0.39 is 23.9 Å². The predicted molar refractivity (Wildman–Crippen MR) is 107 cm³/mol. The van der Waals surface area contributed by atoms with Crippen molar-refractivity contribution < 1.29 is 19.1 Å². The second kappa shape index (κ2) is 6.35. The number of hydrogen-bond acceptors (Lipinski definition) is 5. The van der Waals surface area contributed by atoms with Crippen molar-refractivity contribution in [2.45, 2.75) is 24.3 Å². The van der Waals surface area contributed by atoms with Gasteiger partial charge in [0, 0.05) is 10.6 Å². The zero-order chi connectivity index (χ0) is 20.6. The highest BCUT2D eigenvalue weighted by Crippen LogP contribution is 2.52. The molecule has 2 aromatic rings. The number of benzene rings is 2.